The van der Waals surface area contributed by atoms with Crippen molar-refractivity contribution in [1.29, 1.82) is 0 Å². The summed E-state index contributed by atoms with van der Waals surface area (Å²) in [6.07, 6.45) is 1.71. The minimum Gasteiger partial charge on any atom is -0.395 e. The Kier molecular flexibility index (Phi) is 4.25. The summed E-state index contributed by atoms with van der Waals surface area (Å²) in [6, 6.07) is 11.4. The Balaban J connectivity index is 2.04. The zero-order valence-electron chi connectivity index (χ0n) is 15.2. The Morgan fingerprint density at radius 3 is 2.75 bits per heavy atom. The summed E-state index contributed by atoms with van der Waals surface area (Å²) in [5, 5.41) is 7.89. The molecule has 0 fully saturated rings. The maximum atomic E-state index is 12.0. The number of aromatic amines is 1. The van der Waals surface area contributed by atoms with E-state index in [1.165, 1.54) is 0 Å². The van der Waals surface area contributed by atoms with E-state index in [4.69, 9.17) is 22.2 Å². The number of nitrogens with two attached hydrogens (primary N) is 3. The second-order valence-electron chi connectivity index (χ2n) is 6.52. The number of aryl methyl sites for hydroxylation is 1. The largest absolute Gasteiger partial charge is 0.395 e. The lowest BCUT2D eigenvalue weighted by Gasteiger charge is -2.14. The summed E-state index contributed by atoms with van der Waals surface area (Å²) in [7, 11) is 0. The van der Waals surface area contributed by atoms with Gasteiger partial charge in [-0.1, -0.05) is 24.3 Å². The third-order valence-corrected chi connectivity index (χ3v) is 4.67. The highest BCUT2D eigenvalue weighted by atomic mass is 16.1. The summed E-state index contributed by atoms with van der Waals surface area (Å²) >= 11 is 0. The lowest BCUT2D eigenvalue weighted by Crippen LogP contribution is -2.18. The van der Waals surface area contributed by atoms with Gasteiger partial charge in [0.15, 0.2) is 11.5 Å². The Morgan fingerprint density at radius 2 is 2.00 bits per heavy atom. The van der Waals surface area contributed by atoms with Crippen molar-refractivity contribution < 1.29 is 4.79 Å². The third kappa shape index (κ3) is 2.85. The zero-order chi connectivity index (χ0) is 19.8. The number of carbonyl (C=O) groups excluding carboxylic acids is 1. The molecule has 0 unspecified atom stereocenters. The topological polar surface area (TPSA) is 150 Å². The van der Waals surface area contributed by atoms with Crippen LogP contribution in [0.2, 0.25) is 0 Å². The number of H-pyrrole nitrogens is 1. The van der Waals surface area contributed by atoms with Gasteiger partial charge in [-0.15, -0.1) is 0 Å². The predicted octanol–water partition coefficient (Wildman–Crippen LogP) is 2.14. The van der Waals surface area contributed by atoms with Crippen LogP contribution in [0.4, 0.5) is 5.69 Å². The molecule has 1 amide bonds. The van der Waals surface area contributed by atoms with Gasteiger partial charge in [0.25, 0.3) is 5.91 Å². The number of anilines is 1. The molecule has 0 spiro atoms. The molecule has 0 aliphatic heterocycles. The van der Waals surface area contributed by atoms with Gasteiger partial charge in [-0.3, -0.25) is 9.89 Å². The number of benzene rings is 2. The smallest absolute Gasteiger partial charge is 0.269 e. The van der Waals surface area contributed by atoms with E-state index < -0.39 is 5.91 Å². The number of amides is 1. The summed E-state index contributed by atoms with van der Waals surface area (Å²) in [6.45, 7) is 2.33. The molecule has 0 aliphatic rings. The van der Waals surface area contributed by atoms with Crippen molar-refractivity contribution >= 4 is 22.5 Å². The second-order valence-corrected chi connectivity index (χ2v) is 6.52. The van der Waals surface area contributed by atoms with Crippen molar-refractivity contribution in [2.75, 3.05) is 5.73 Å². The summed E-state index contributed by atoms with van der Waals surface area (Å²) in [5.74, 6) is -0.359. The molecule has 2 heterocycles. The number of aromatic nitrogens is 4. The van der Waals surface area contributed by atoms with Gasteiger partial charge in [0.1, 0.15) is 0 Å². The molecule has 4 rings (SSSR count). The number of primary amides is 1. The van der Waals surface area contributed by atoms with Gasteiger partial charge < -0.3 is 17.2 Å². The number of hydrogen-bond acceptors (Lipinski definition) is 6. The molecule has 0 saturated carbocycles. The fraction of sp³-hybridized carbons (Fsp3) is 0.100. The summed E-state index contributed by atoms with van der Waals surface area (Å²) in [5.41, 5.74) is 22.3. The lowest BCUT2D eigenvalue weighted by atomic mass is 9.99. The molecule has 0 bridgehead atoms. The lowest BCUT2D eigenvalue weighted by molar-refractivity contribution is 0.0996. The number of hydrogen-bond donors (Lipinski definition) is 4. The van der Waals surface area contributed by atoms with E-state index in [0.717, 1.165) is 33.2 Å². The van der Waals surface area contributed by atoms with Crippen LogP contribution in [0.1, 0.15) is 21.6 Å². The van der Waals surface area contributed by atoms with E-state index >= 15 is 0 Å². The van der Waals surface area contributed by atoms with Crippen LogP contribution in [0, 0.1) is 6.92 Å². The van der Waals surface area contributed by atoms with E-state index in [1.54, 1.807) is 6.20 Å². The van der Waals surface area contributed by atoms with E-state index in [2.05, 4.69) is 15.2 Å². The van der Waals surface area contributed by atoms with E-state index in [9.17, 15) is 4.79 Å². The highest BCUT2D eigenvalue weighted by Gasteiger charge is 2.21. The van der Waals surface area contributed by atoms with Crippen molar-refractivity contribution in [2.24, 2.45) is 11.5 Å². The first-order chi connectivity index (χ1) is 13.5. The molecule has 2 aromatic carbocycles. The minimum absolute atomic E-state index is 0.0157. The van der Waals surface area contributed by atoms with Crippen LogP contribution in [0.3, 0.4) is 0 Å². The van der Waals surface area contributed by atoms with Crippen LogP contribution in [0.25, 0.3) is 33.5 Å². The van der Waals surface area contributed by atoms with Crippen molar-refractivity contribution in [2.45, 2.75) is 13.5 Å². The van der Waals surface area contributed by atoms with Crippen LogP contribution in [0.15, 0.2) is 42.6 Å². The number of nitrogens with one attached hydrogen (secondary N) is 1. The van der Waals surface area contributed by atoms with Gasteiger partial charge in [-0.2, -0.15) is 5.10 Å². The molecular formula is C20H19N7O. The molecular weight excluding hydrogens is 354 g/mol. The summed E-state index contributed by atoms with van der Waals surface area (Å²) in [4.78, 5) is 21.0. The van der Waals surface area contributed by atoms with Crippen LogP contribution >= 0.6 is 0 Å². The van der Waals surface area contributed by atoms with E-state index in [0.29, 0.717) is 18.1 Å². The van der Waals surface area contributed by atoms with Gasteiger partial charge in [-0.05, 0) is 30.2 Å². The Morgan fingerprint density at radius 1 is 1.18 bits per heavy atom. The first-order valence-corrected chi connectivity index (χ1v) is 8.69. The molecule has 2 aromatic heterocycles. The van der Waals surface area contributed by atoms with Crippen LogP contribution < -0.4 is 17.2 Å². The molecule has 0 radical (unpaired) electrons. The quantitative estimate of drug-likeness (QED) is 0.430. The average Bonchev–Trinajstić information content (AvgIpc) is 3.17. The van der Waals surface area contributed by atoms with Gasteiger partial charge in [0.05, 0.1) is 23.1 Å². The standard InChI is InChI=1S/C20H19N7O/c1-10-5-6-14-13(9-24-27-14)15(10)17-16(22)18(19(23)28)26-20(25-17)12-4-2-3-11(7-12)8-21/h2-7,9H,8,21-22H2,1H3,(H2,23,28)(H,24,27). The highest BCUT2D eigenvalue weighted by molar-refractivity contribution is 6.04. The van der Waals surface area contributed by atoms with Crippen molar-refractivity contribution in [1.82, 2.24) is 20.2 Å². The van der Waals surface area contributed by atoms with E-state index in [-0.39, 0.29) is 11.4 Å². The predicted molar refractivity (Wildman–Crippen MR) is 108 cm³/mol. The molecule has 0 saturated heterocycles. The number of fused-ring (bicyclic) bond motifs is 1. The molecule has 4 aromatic rings. The van der Waals surface area contributed by atoms with Crippen molar-refractivity contribution in [3.8, 4) is 22.6 Å². The Bertz CT molecular complexity index is 1210. The molecule has 28 heavy (non-hydrogen) atoms. The fourth-order valence-electron chi connectivity index (χ4n) is 3.26. The van der Waals surface area contributed by atoms with Crippen molar-refractivity contribution in [3.05, 3.63) is 59.4 Å². The Hall–Kier alpha value is -3.78. The monoisotopic (exact) mass is 373 g/mol. The third-order valence-electron chi connectivity index (χ3n) is 4.67. The second kappa shape index (κ2) is 6.75. The van der Waals surface area contributed by atoms with Gasteiger partial charge in [-0.25, -0.2) is 9.97 Å². The first kappa shape index (κ1) is 17.6. The Labute approximate surface area is 160 Å². The van der Waals surface area contributed by atoms with Crippen molar-refractivity contribution in [3.63, 3.8) is 0 Å². The number of nitrogens with zero attached hydrogens (tertiary/aromatic N) is 3. The normalized spacial score (nSPS) is 11.1. The number of carbonyl (C=O) groups is 1. The molecule has 8 nitrogen and oxygen atoms in total. The molecule has 8 heteroatoms. The van der Waals surface area contributed by atoms with Crippen LogP contribution in [0.5, 0.6) is 0 Å². The van der Waals surface area contributed by atoms with Gasteiger partial charge >= 0.3 is 0 Å². The molecule has 140 valence electrons. The molecule has 0 atom stereocenters. The minimum atomic E-state index is -0.714. The maximum absolute atomic E-state index is 12.0. The fourth-order valence-corrected chi connectivity index (χ4v) is 3.26. The molecule has 7 N–H and O–H groups in total. The number of nitrogen functional groups attached to an aromatic ring is 1. The highest BCUT2D eigenvalue weighted by Crippen LogP contribution is 2.35. The average molecular weight is 373 g/mol. The van der Waals surface area contributed by atoms with Crippen LogP contribution in [-0.2, 0) is 6.54 Å². The van der Waals surface area contributed by atoms with E-state index in [1.807, 2.05) is 43.3 Å². The maximum Gasteiger partial charge on any atom is 0.269 e. The van der Waals surface area contributed by atoms with Crippen LogP contribution in [-0.4, -0.2) is 26.1 Å². The molecule has 0 aliphatic carbocycles. The van der Waals surface area contributed by atoms with Gasteiger partial charge in [0.2, 0.25) is 0 Å². The SMILES string of the molecule is Cc1ccc2[nH]ncc2c1-c1nc(-c2cccc(CN)c2)nc(C(N)=O)c1N. The van der Waals surface area contributed by atoms with Gasteiger partial charge in [0, 0.05) is 23.1 Å². The summed E-state index contributed by atoms with van der Waals surface area (Å²) < 4.78 is 0. The number of rotatable bonds is 4. The zero-order valence-corrected chi connectivity index (χ0v) is 15.2. The first-order valence-electron chi connectivity index (χ1n) is 8.69.